The summed E-state index contributed by atoms with van der Waals surface area (Å²) in [5.74, 6) is 0.360. The third kappa shape index (κ3) is 4.15. The van der Waals surface area contributed by atoms with E-state index in [2.05, 4.69) is 28.4 Å². The molecule has 0 aliphatic carbocycles. The zero-order chi connectivity index (χ0) is 18.5. The Kier molecular flexibility index (Phi) is 5.43. The molecular formula is C21H23N3O2. The number of carbonyl (C=O) groups is 1. The first kappa shape index (κ1) is 17.8. The van der Waals surface area contributed by atoms with Gasteiger partial charge >= 0.3 is 0 Å². The van der Waals surface area contributed by atoms with Gasteiger partial charge in [0.1, 0.15) is 5.75 Å². The van der Waals surface area contributed by atoms with E-state index in [1.807, 2.05) is 13.0 Å². The van der Waals surface area contributed by atoms with E-state index in [-0.39, 0.29) is 5.91 Å². The maximum absolute atomic E-state index is 12.4. The number of aryl methyl sites for hydroxylation is 1. The molecule has 0 aromatic heterocycles. The van der Waals surface area contributed by atoms with Crippen LogP contribution in [-0.4, -0.2) is 25.1 Å². The second-order valence-corrected chi connectivity index (χ2v) is 6.58. The molecule has 1 atom stereocenters. The van der Waals surface area contributed by atoms with Gasteiger partial charge in [-0.2, -0.15) is 5.26 Å². The number of carbonyl (C=O) groups excluding carboxylic acids is 1. The number of ether oxygens (including phenoxy) is 1. The van der Waals surface area contributed by atoms with E-state index in [1.165, 1.54) is 18.5 Å². The number of anilines is 2. The molecule has 0 unspecified atom stereocenters. The molecule has 0 saturated carbocycles. The fourth-order valence-corrected chi connectivity index (χ4v) is 3.06. The highest BCUT2D eigenvalue weighted by atomic mass is 16.5. The van der Waals surface area contributed by atoms with E-state index in [0.29, 0.717) is 11.3 Å². The van der Waals surface area contributed by atoms with E-state index < -0.39 is 6.10 Å². The molecule has 1 aliphatic heterocycles. The highest BCUT2D eigenvalue weighted by molar-refractivity contribution is 5.95. The molecule has 1 heterocycles. The molecule has 26 heavy (non-hydrogen) atoms. The lowest BCUT2D eigenvalue weighted by atomic mass is 10.1. The summed E-state index contributed by atoms with van der Waals surface area (Å²) >= 11 is 0. The lowest BCUT2D eigenvalue weighted by Crippen LogP contribution is -2.30. The van der Waals surface area contributed by atoms with Gasteiger partial charge in [0.25, 0.3) is 5.91 Å². The summed E-state index contributed by atoms with van der Waals surface area (Å²) < 4.78 is 5.66. The van der Waals surface area contributed by atoms with Gasteiger partial charge in [-0.05, 0) is 74.7 Å². The molecule has 1 amide bonds. The maximum Gasteiger partial charge on any atom is 0.265 e. The van der Waals surface area contributed by atoms with Crippen molar-refractivity contribution in [1.82, 2.24) is 0 Å². The Bertz CT molecular complexity index is 818. The highest BCUT2D eigenvalue weighted by Crippen LogP contribution is 2.25. The fourth-order valence-electron chi connectivity index (χ4n) is 3.06. The monoisotopic (exact) mass is 349 g/mol. The van der Waals surface area contributed by atoms with Crippen LogP contribution in [-0.2, 0) is 4.79 Å². The van der Waals surface area contributed by atoms with Crippen LogP contribution in [0.3, 0.4) is 0 Å². The first-order chi connectivity index (χ1) is 12.6. The fraction of sp³-hybridized carbons (Fsp3) is 0.333. The van der Waals surface area contributed by atoms with Crippen molar-refractivity contribution in [3.63, 3.8) is 0 Å². The van der Waals surface area contributed by atoms with Gasteiger partial charge in [-0.25, -0.2) is 0 Å². The smallest absolute Gasteiger partial charge is 0.265 e. The standard InChI is InChI=1S/C21H23N3O2/c1-15-13-18(24-11-3-4-12-24)7-10-20(15)23-21(25)16(2)26-19-8-5-17(14-22)6-9-19/h5-10,13,16H,3-4,11-12H2,1-2H3,(H,23,25)/t16-/m0/s1. The minimum Gasteiger partial charge on any atom is -0.481 e. The number of rotatable bonds is 5. The summed E-state index contributed by atoms with van der Waals surface area (Å²) in [6, 6.07) is 14.9. The van der Waals surface area contributed by atoms with Crippen molar-refractivity contribution in [2.24, 2.45) is 0 Å². The Morgan fingerprint density at radius 1 is 1.19 bits per heavy atom. The van der Waals surface area contributed by atoms with Crippen molar-refractivity contribution in [2.75, 3.05) is 23.3 Å². The third-order valence-electron chi connectivity index (χ3n) is 4.60. The van der Waals surface area contributed by atoms with E-state index in [4.69, 9.17) is 10.00 Å². The first-order valence-corrected chi connectivity index (χ1v) is 8.90. The van der Waals surface area contributed by atoms with E-state index in [1.54, 1.807) is 31.2 Å². The Morgan fingerprint density at radius 2 is 1.88 bits per heavy atom. The van der Waals surface area contributed by atoms with Crippen LogP contribution in [0, 0.1) is 18.3 Å². The molecule has 2 aromatic rings. The lowest BCUT2D eigenvalue weighted by molar-refractivity contribution is -0.122. The zero-order valence-electron chi connectivity index (χ0n) is 15.2. The van der Waals surface area contributed by atoms with Gasteiger partial charge < -0.3 is 15.0 Å². The van der Waals surface area contributed by atoms with Crippen LogP contribution in [0.15, 0.2) is 42.5 Å². The molecule has 134 valence electrons. The summed E-state index contributed by atoms with van der Waals surface area (Å²) in [5.41, 5.74) is 3.60. The second kappa shape index (κ2) is 7.92. The number of amides is 1. The van der Waals surface area contributed by atoms with Crippen LogP contribution in [0.1, 0.15) is 30.9 Å². The number of nitriles is 1. The van der Waals surface area contributed by atoms with E-state index >= 15 is 0 Å². The van der Waals surface area contributed by atoms with Crippen LogP contribution in [0.25, 0.3) is 0 Å². The Hall–Kier alpha value is -3.00. The summed E-state index contributed by atoms with van der Waals surface area (Å²) in [5, 5.41) is 11.8. The molecule has 0 spiro atoms. The highest BCUT2D eigenvalue weighted by Gasteiger charge is 2.17. The van der Waals surface area contributed by atoms with Crippen molar-refractivity contribution in [3.8, 4) is 11.8 Å². The van der Waals surface area contributed by atoms with Crippen LogP contribution in [0.5, 0.6) is 5.75 Å². The molecule has 5 nitrogen and oxygen atoms in total. The van der Waals surface area contributed by atoms with Crippen LogP contribution >= 0.6 is 0 Å². The average molecular weight is 349 g/mol. The quantitative estimate of drug-likeness (QED) is 0.890. The number of hydrogen-bond donors (Lipinski definition) is 1. The van der Waals surface area contributed by atoms with Gasteiger partial charge in [0.05, 0.1) is 11.6 Å². The molecule has 1 saturated heterocycles. The molecule has 1 N–H and O–H groups in total. The van der Waals surface area contributed by atoms with Crippen molar-refractivity contribution in [1.29, 1.82) is 5.26 Å². The SMILES string of the molecule is Cc1cc(N2CCCC2)ccc1NC(=O)[C@H](C)Oc1ccc(C#N)cc1. The minimum absolute atomic E-state index is 0.202. The molecule has 1 aliphatic rings. The Balaban J connectivity index is 1.62. The lowest BCUT2D eigenvalue weighted by Gasteiger charge is -2.20. The third-order valence-corrected chi connectivity index (χ3v) is 4.60. The van der Waals surface area contributed by atoms with Crippen molar-refractivity contribution in [2.45, 2.75) is 32.8 Å². The number of benzene rings is 2. The summed E-state index contributed by atoms with van der Waals surface area (Å²) in [6.45, 7) is 5.91. The first-order valence-electron chi connectivity index (χ1n) is 8.90. The predicted molar refractivity (Wildman–Crippen MR) is 103 cm³/mol. The van der Waals surface area contributed by atoms with E-state index in [9.17, 15) is 4.79 Å². The topological polar surface area (TPSA) is 65.4 Å². The summed E-state index contributed by atoms with van der Waals surface area (Å²) in [7, 11) is 0. The van der Waals surface area contributed by atoms with Crippen LogP contribution < -0.4 is 15.0 Å². The number of nitrogens with one attached hydrogen (secondary N) is 1. The van der Waals surface area contributed by atoms with Crippen molar-refractivity contribution in [3.05, 3.63) is 53.6 Å². The second-order valence-electron chi connectivity index (χ2n) is 6.58. The van der Waals surface area contributed by atoms with Gasteiger partial charge in [0, 0.05) is 24.5 Å². The molecular weight excluding hydrogens is 326 g/mol. The normalized spacial score (nSPS) is 14.6. The minimum atomic E-state index is -0.638. The molecule has 0 bridgehead atoms. The van der Waals surface area contributed by atoms with Crippen molar-refractivity contribution >= 4 is 17.3 Å². The largest absolute Gasteiger partial charge is 0.481 e. The Labute approximate surface area is 154 Å². The summed E-state index contributed by atoms with van der Waals surface area (Å²) in [6.07, 6.45) is 1.84. The molecule has 2 aromatic carbocycles. The Morgan fingerprint density at radius 3 is 2.50 bits per heavy atom. The number of hydrogen-bond acceptors (Lipinski definition) is 4. The van der Waals surface area contributed by atoms with E-state index in [0.717, 1.165) is 24.3 Å². The van der Waals surface area contributed by atoms with Gasteiger partial charge in [0.2, 0.25) is 0 Å². The van der Waals surface area contributed by atoms with Gasteiger partial charge in [-0.1, -0.05) is 0 Å². The van der Waals surface area contributed by atoms with Gasteiger partial charge in [-0.3, -0.25) is 4.79 Å². The van der Waals surface area contributed by atoms with Crippen molar-refractivity contribution < 1.29 is 9.53 Å². The molecule has 5 heteroatoms. The molecule has 0 radical (unpaired) electrons. The van der Waals surface area contributed by atoms with Gasteiger partial charge in [0.15, 0.2) is 6.10 Å². The molecule has 1 fully saturated rings. The number of nitrogens with zero attached hydrogens (tertiary/aromatic N) is 2. The zero-order valence-corrected chi connectivity index (χ0v) is 15.2. The predicted octanol–water partition coefficient (Wildman–Crippen LogP) is 3.87. The average Bonchev–Trinajstić information content (AvgIpc) is 3.18. The summed E-state index contributed by atoms with van der Waals surface area (Å²) in [4.78, 5) is 14.8. The maximum atomic E-state index is 12.4. The van der Waals surface area contributed by atoms with Crippen LogP contribution in [0.2, 0.25) is 0 Å². The van der Waals surface area contributed by atoms with Crippen LogP contribution in [0.4, 0.5) is 11.4 Å². The van der Waals surface area contributed by atoms with Gasteiger partial charge in [-0.15, -0.1) is 0 Å². The molecule has 3 rings (SSSR count).